The van der Waals surface area contributed by atoms with Crippen LogP contribution in [0.15, 0.2) is 17.0 Å². The van der Waals surface area contributed by atoms with Crippen LogP contribution in [-0.2, 0) is 14.8 Å². The number of hydrogen-bond donors (Lipinski definition) is 2. The monoisotopic (exact) mass is 303 g/mol. The Morgan fingerprint density at radius 2 is 2.05 bits per heavy atom. The molecule has 0 aliphatic heterocycles. The van der Waals surface area contributed by atoms with Gasteiger partial charge in [0.1, 0.15) is 5.82 Å². The maximum absolute atomic E-state index is 13.4. The van der Waals surface area contributed by atoms with Crippen LogP contribution in [0.25, 0.3) is 0 Å². The van der Waals surface area contributed by atoms with Crippen LogP contribution in [0.1, 0.15) is 12.5 Å². The molecule has 1 amide bonds. The Bertz CT molecular complexity index is 593. The molecule has 0 atom stereocenters. The van der Waals surface area contributed by atoms with Gasteiger partial charge in [-0.3, -0.25) is 4.79 Å². The number of carbonyl (C=O) groups excluding carboxylic acids is 1. The highest BCUT2D eigenvalue weighted by molar-refractivity contribution is 7.89. The number of amides is 1. The van der Waals surface area contributed by atoms with E-state index < -0.39 is 21.7 Å². The van der Waals surface area contributed by atoms with E-state index in [0.29, 0.717) is 6.54 Å². The number of nitrogens with one attached hydrogen (secondary N) is 1. The molecule has 8 heteroatoms. The van der Waals surface area contributed by atoms with Gasteiger partial charge in [0.05, 0.1) is 17.1 Å². The molecule has 1 rings (SSSR count). The summed E-state index contributed by atoms with van der Waals surface area (Å²) in [6.07, 6.45) is 0. The van der Waals surface area contributed by atoms with Crippen molar-refractivity contribution in [1.29, 1.82) is 0 Å². The van der Waals surface area contributed by atoms with Gasteiger partial charge in [0.15, 0.2) is 0 Å². The van der Waals surface area contributed by atoms with Gasteiger partial charge in [0, 0.05) is 13.6 Å². The Labute approximate surface area is 117 Å². The molecule has 112 valence electrons. The van der Waals surface area contributed by atoms with Crippen molar-refractivity contribution in [2.75, 3.05) is 25.9 Å². The lowest BCUT2D eigenvalue weighted by atomic mass is 10.2. The van der Waals surface area contributed by atoms with Gasteiger partial charge in [0.25, 0.3) is 0 Å². The van der Waals surface area contributed by atoms with Crippen LogP contribution in [0.3, 0.4) is 0 Å². The summed E-state index contributed by atoms with van der Waals surface area (Å²) in [5, 5.41) is 2.50. The smallest absolute Gasteiger partial charge is 0.243 e. The Morgan fingerprint density at radius 1 is 1.45 bits per heavy atom. The topological polar surface area (TPSA) is 92.5 Å². The summed E-state index contributed by atoms with van der Waals surface area (Å²) >= 11 is 0. The average molecular weight is 303 g/mol. The molecular formula is C12H18FN3O3S. The predicted molar refractivity (Wildman–Crippen MR) is 74.0 cm³/mol. The molecule has 0 spiro atoms. The normalized spacial score (nSPS) is 11.7. The first-order valence-corrected chi connectivity index (χ1v) is 7.42. The molecule has 3 N–H and O–H groups in total. The van der Waals surface area contributed by atoms with Crippen molar-refractivity contribution in [3.8, 4) is 0 Å². The quantitative estimate of drug-likeness (QED) is 0.774. The van der Waals surface area contributed by atoms with Gasteiger partial charge in [-0.2, -0.15) is 4.31 Å². The van der Waals surface area contributed by atoms with Crippen molar-refractivity contribution in [2.45, 2.75) is 18.7 Å². The Hall–Kier alpha value is -1.67. The second-order valence-electron chi connectivity index (χ2n) is 4.36. The van der Waals surface area contributed by atoms with E-state index in [1.54, 1.807) is 6.92 Å². The van der Waals surface area contributed by atoms with E-state index in [1.165, 1.54) is 20.0 Å². The molecule has 1 aromatic carbocycles. The highest BCUT2D eigenvalue weighted by atomic mass is 32.2. The lowest BCUT2D eigenvalue weighted by molar-refractivity contribution is -0.121. The van der Waals surface area contributed by atoms with Gasteiger partial charge in [0.2, 0.25) is 15.9 Å². The minimum atomic E-state index is -3.89. The summed E-state index contributed by atoms with van der Waals surface area (Å²) in [5.74, 6) is -1.05. The number of nitrogen functional groups attached to an aromatic ring is 1. The van der Waals surface area contributed by atoms with Gasteiger partial charge in [-0.1, -0.05) is 0 Å². The Balaban J connectivity index is 3.07. The van der Waals surface area contributed by atoms with E-state index in [2.05, 4.69) is 5.32 Å². The van der Waals surface area contributed by atoms with Gasteiger partial charge < -0.3 is 11.1 Å². The lowest BCUT2D eigenvalue weighted by Crippen LogP contribution is -2.38. The zero-order valence-corrected chi connectivity index (χ0v) is 12.4. The van der Waals surface area contributed by atoms with Gasteiger partial charge in [-0.15, -0.1) is 0 Å². The van der Waals surface area contributed by atoms with Crippen LogP contribution >= 0.6 is 0 Å². The molecule has 0 fully saturated rings. The lowest BCUT2D eigenvalue weighted by Gasteiger charge is -2.17. The van der Waals surface area contributed by atoms with Crippen molar-refractivity contribution in [3.05, 3.63) is 23.5 Å². The van der Waals surface area contributed by atoms with Gasteiger partial charge in [-0.05, 0) is 31.5 Å². The molecule has 20 heavy (non-hydrogen) atoms. The van der Waals surface area contributed by atoms with E-state index in [1.807, 2.05) is 0 Å². The maximum Gasteiger partial charge on any atom is 0.243 e. The molecule has 1 aromatic rings. The molecule has 0 saturated heterocycles. The molecule has 0 bridgehead atoms. The van der Waals surface area contributed by atoms with Crippen LogP contribution in [0.4, 0.5) is 10.1 Å². The summed E-state index contributed by atoms with van der Waals surface area (Å²) in [5.41, 5.74) is 5.32. The van der Waals surface area contributed by atoms with Crippen molar-refractivity contribution in [2.24, 2.45) is 0 Å². The Morgan fingerprint density at radius 3 is 2.55 bits per heavy atom. The summed E-state index contributed by atoms with van der Waals surface area (Å²) < 4.78 is 38.8. The third-order valence-corrected chi connectivity index (χ3v) is 4.49. The van der Waals surface area contributed by atoms with Crippen LogP contribution in [0.2, 0.25) is 0 Å². The number of carbonyl (C=O) groups is 1. The molecule has 0 aliphatic carbocycles. The van der Waals surface area contributed by atoms with Crippen molar-refractivity contribution in [1.82, 2.24) is 9.62 Å². The number of nitrogens with two attached hydrogens (primary N) is 1. The maximum atomic E-state index is 13.4. The van der Waals surface area contributed by atoms with E-state index in [0.717, 1.165) is 10.4 Å². The minimum absolute atomic E-state index is 0.134. The number of sulfonamides is 1. The third kappa shape index (κ3) is 3.45. The van der Waals surface area contributed by atoms with E-state index in [4.69, 9.17) is 5.73 Å². The highest BCUT2D eigenvalue weighted by Crippen LogP contribution is 2.22. The third-order valence-electron chi connectivity index (χ3n) is 2.70. The van der Waals surface area contributed by atoms with E-state index in [-0.39, 0.29) is 22.7 Å². The van der Waals surface area contributed by atoms with E-state index in [9.17, 15) is 17.6 Å². The fraction of sp³-hybridized carbons (Fsp3) is 0.417. The fourth-order valence-electron chi connectivity index (χ4n) is 1.63. The first-order valence-electron chi connectivity index (χ1n) is 5.98. The first-order chi connectivity index (χ1) is 9.20. The predicted octanol–water partition coefficient (Wildman–Crippen LogP) is 0.473. The summed E-state index contributed by atoms with van der Waals surface area (Å²) in [4.78, 5) is 11.3. The summed E-state index contributed by atoms with van der Waals surface area (Å²) in [7, 11) is -2.61. The van der Waals surface area contributed by atoms with Crippen molar-refractivity contribution < 1.29 is 17.6 Å². The van der Waals surface area contributed by atoms with Crippen LogP contribution in [0, 0.1) is 12.7 Å². The number of aryl methyl sites for hydroxylation is 1. The van der Waals surface area contributed by atoms with Gasteiger partial charge in [-0.25, -0.2) is 12.8 Å². The van der Waals surface area contributed by atoms with Crippen LogP contribution in [-0.4, -0.2) is 38.8 Å². The molecule has 0 saturated carbocycles. The van der Waals surface area contributed by atoms with Crippen LogP contribution < -0.4 is 11.1 Å². The molecular weight excluding hydrogens is 285 g/mol. The second-order valence-corrected chi connectivity index (χ2v) is 6.40. The molecule has 0 aliphatic rings. The standard InChI is InChI=1S/C12H18FN3O3S/c1-4-15-11(17)7-16(3)20(18,19)9-5-8(2)12(13)10(14)6-9/h5-6H,4,7,14H2,1-3H3,(H,15,17). The molecule has 0 heterocycles. The Kier molecular flexibility index (Phi) is 5.07. The minimum Gasteiger partial charge on any atom is -0.396 e. The van der Waals surface area contributed by atoms with Crippen LogP contribution in [0.5, 0.6) is 0 Å². The van der Waals surface area contributed by atoms with Crippen molar-refractivity contribution >= 4 is 21.6 Å². The SMILES string of the molecule is CCNC(=O)CN(C)S(=O)(=O)c1cc(C)c(F)c(N)c1. The fourth-order valence-corrected chi connectivity index (χ4v) is 2.88. The molecule has 0 radical (unpaired) electrons. The molecule has 0 unspecified atom stereocenters. The zero-order chi connectivity index (χ0) is 15.5. The van der Waals surface area contributed by atoms with E-state index >= 15 is 0 Å². The molecule has 0 aromatic heterocycles. The molecule has 6 nitrogen and oxygen atoms in total. The summed E-state index contributed by atoms with van der Waals surface area (Å²) in [6.45, 7) is 3.26. The number of benzene rings is 1. The highest BCUT2D eigenvalue weighted by Gasteiger charge is 2.24. The average Bonchev–Trinajstić information content (AvgIpc) is 2.35. The number of nitrogens with zero attached hydrogens (tertiary/aromatic N) is 1. The van der Waals surface area contributed by atoms with Gasteiger partial charge >= 0.3 is 0 Å². The largest absolute Gasteiger partial charge is 0.396 e. The number of hydrogen-bond acceptors (Lipinski definition) is 4. The number of rotatable bonds is 5. The zero-order valence-electron chi connectivity index (χ0n) is 11.6. The summed E-state index contributed by atoms with van der Waals surface area (Å²) in [6, 6.07) is 2.24. The number of halogens is 1. The van der Waals surface area contributed by atoms with Crippen molar-refractivity contribution in [3.63, 3.8) is 0 Å². The second kappa shape index (κ2) is 6.19. The number of likely N-dealkylation sites (N-methyl/N-ethyl adjacent to an activating group) is 2. The first kappa shape index (κ1) is 16.4. The number of anilines is 1.